The first-order valence-electron chi connectivity index (χ1n) is 7.88. The zero-order valence-corrected chi connectivity index (χ0v) is 14.1. The molecule has 2 N–H and O–H groups in total. The number of methoxy groups -OCH3 is 1. The molecule has 132 valence electrons. The molecule has 1 aliphatic rings. The lowest BCUT2D eigenvalue weighted by Crippen LogP contribution is -2.41. The van der Waals surface area contributed by atoms with E-state index in [9.17, 15) is 8.42 Å². The Labute approximate surface area is 133 Å². The van der Waals surface area contributed by atoms with Crippen molar-refractivity contribution in [3.63, 3.8) is 0 Å². The van der Waals surface area contributed by atoms with Gasteiger partial charge in [0.25, 0.3) is 10.1 Å². The fourth-order valence-corrected chi connectivity index (χ4v) is 3.21. The van der Waals surface area contributed by atoms with Crippen LogP contribution >= 0.6 is 0 Å². The smallest absolute Gasteiger partial charge is 0.267 e. The zero-order chi connectivity index (χ0) is 16.3. The maximum atomic E-state index is 11.1. The minimum absolute atomic E-state index is 0.288. The van der Waals surface area contributed by atoms with Gasteiger partial charge in [-0.1, -0.05) is 19.3 Å². The molecule has 0 radical (unpaired) electrons. The number of rotatable bonds is 12. The van der Waals surface area contributed by atoms with Gasteiger partial charge in [0.15, 0.2) is 0 Å². The Hall–Kier alpha value is -0.250. The summed E-state index contributed by atoms with van der Waals surface area (Å²) in [5.41, 5.74) is 0. The fraction of sp³-hybridized carbons (Fsp3) is 1.00. The van der Waals surface area contributed by atoms with Crippen molar-refractivity contribution in [3.05, 3.63) is 0 Å². The summed E-state index contributed by atoms with van der Waals surface area (Å²) in [6.45, 7) is 2.06. The first-order chi connectivity index (χ1) is 10.5. The molecule has 0 heterocycles. The van der Waals surface area contributed by atoms with E-state index in [1.54, 1.807) is 7.11 Å². The van der Waals surface area contributed by atoms with Crippen LogP contribution in [-0.4, -0.2) is 71.0 Å². The van der Waals surface area contributed by atoms with Crippen molar-refractivity contribution in [1.82, 2.24) is 5.32 Å². The van der Waals surface area contributed by atoms with Gasteiger partial charge in [0.1, 0.15) is 5.75 Å². The van der Waals surface area contributed by atoms with Crippen molar-refractivity contribution in [3.8, 4) is 0 Å². The van der Waals surface area contributed by atoms with Crippen molar-refractivity contribution in [1.29, 1.82) is 0 Å². The van der Waals surface area contributed by atoms with Gasteiger partial charge in [0.05, 0.1) is 32.5 Å². The maximum Gasteiger partial charge on any atom is 0.267 e. The molecular weight excluding hydrogens is 310 g/mol. The van der Waals surface area contributed by atoms with Gasteiger partial charge in [-0.25, -0.2) is 0 Å². The quantitative estimate of drug-likeness (QED) is 0.402. The fourth-order valence-electron chi connectivity index (χ4n) is 2.52. The van der Waals surface area contributed by atoms with Crippen LogP contribution in [0.5, 0.6) is 0 Å². The summed E-state index contributed by atoms with van der Waals surface area (Å²) in [6, 6.07) is 0.416. The van der Waals surface area contributed by atoms with Gasteiger partial charge in [-0.2, -0.15) is 8.42 Å². The van der Waals surface area contributed by atoms with E-state index in [0.29, 0.717) is 32.4 Å². The molecule has 0 amide bonds. The number of nitrogens with one attached hydrogen (secondary N) is 1. The highest BCUT2D eigenvalue weighted by molar-refractivity contribution is 7.85. The van der Waals surface area contributed by atoms with E-state index in [-0.39, 0.29) is 6.61 Å². The van der Waals surface area contributed by atoms with Crippen molar-refractivity contribution in [2.75, 3.05) is 45.8 Å². The highest BCUT2D eigenvalue weighted by Gasteiger charge is 2.20. The van der Waals surface area contributed by atoms with Crippen LogP contribution < -0.4 is 5.32 Å². The third-order valence-electron chi connectivity index (χ3n) is 3.65. The maximum absolute atomic E-state index is 11.1. The van der Waals surface area contributed by atoms with Crippen LogP contribution in [0.3, 0.4) is 0 Å². The lowest BCUT2D eigenvalue weighted by atomic mass is 9.95. The van der Waals surface area contributed by atoms with E-state index in [1.165, 1.54) is 19.3 Å². The summed E-state index contributed by atoms with van der Waals surface area (Å²) in [5, 5.41) is 3.34. The molecule has 0 bridgehead atoms. The second-order valence-electron chi connectivity index (χ2n) is 5.59. The van der Waals surface area contributed by atoms with E-state index in [2.05, 4.69) is 5.32 Å². The third-order valence-corrected chi connectivity index (χ3v) is 4.44. The second kappa shape index (κ2) is 11.3. The number of hydrogen-bond acceptors (Lipinski definition) is 6. The van der Waals surface area contributed by atoms with Crippen LogP contribution in [-0.2, 0) is 24.3 Å². The summed E-state index contributed by atoms with van der Waals surface area (Å²) in [7, 11) is -2.46. The van der Waals surface area contributed by atoms with Crippen LogP contribution in [0.2, 0.25) is 0 Å². The van der Waals surface area contributed by atoms with Crippen molar-refractivity contribution < 1.29 is 27.2 Å². The summed E-state index contributed by atoms with van der Waals surface area (Å²) in [5.74, 6) is -0.398. The van der Waals surface area contributed by atoms with Crippen LogP contribution in [0.1, 0.15) is 32.1 Å². The van der Waals surface area contributed by atoms with Gasteiger partial charge >= 0.3 is 0 Å². The van der Waals surface area contributed by atoms with Crippen LogP contribution in [0.15, 0.2) is 0 Å². The first kappa shape index (κ1) is 19.8. The van der Waals surface area contributed by atoms with E-state index >= 15 is 0 Å². The largest absolute Gasteiger partial charge is 0.382 e. The molecule has 1 aliphatic carbocycles. The van der Waals surface area contributed by atoms with E-state index in [4.69, 9.17) is 18.8 Å². The summed E-state index contributed by atoms with van der Waals surface area (Å²) in [4.78, 5) is 0. The van der Waals surface area contributed by atoms with E-state index in [0.717, 1.165) is 12.8 Å². The van der Waals surface area contributed by atoms with Crippen molar-refractivity contribution in [2.24, 2.45) is 0 Å². The monoisotopic (exact) mass is 339 g/mol. The van der Waals surface area contributed by atoms with Gasteiger partial charge in [-0.3, -0.25) is 4.55 Å². The van der Waals surface area contributed by atoms with Gasteiger partial charge < -0.3 is 19.5 Å². The zero-order valence-electron chi connectivity index (χ0n) is 13.3. The molecule has 1 atom stereocenters. The standard InChI is InChI=1S/C14H29NO6S/c1-19-7-8-20-9-10-21-14(12-22(16,17)18)11-15-13-5-3-2-4-6-13/h13-15H,2-12H2,1H3,(H,16,17,18). The van der Waals surface area contributed by atoms with Gasteiger partial charge in [-0.15, -0.1) is 0 Å². The third kappa shape index (κ3) is 10.5. The highest BCUT2D eigenvalue weighted by atomic mass is 32.2. The predicted octanol–water partition coefficient (Wildman–Crippen LogP) is 0.845. The van der Waals surface area contributed by atoms with E-state index in [1.807, 2.05) is 0 Å². The minimum atomic E-state index is -4.05. The molecule has 22 heavy (non-hydrogen) atoms. The van der Waals surface area contributed by atoms with Crippen molar-refractivity contribution >= 4 is 10.1 Å². The van der Waals surface area contributed by atoms with Gasteiger partial charge in [0.2, 0.25) is 0 Å². The van der Waals surface area contributed by atoms with Crippen molar-refractivity contribution in [2.45, 2.75) is 44.2 Å². The molecule has 1 saturated carbocycles. The number of ether oxygens (including phenoxy) is 3. The lowest BCUT2D eigenvalue weighted by molar-refractivity contribution is -0.000270. The molecule has 8 heteroatoms. The molecule has 0 aromatic heterocycles. The normalized spacial score (nSPS) is 18.5. The second-order valence-corrected chi connectivity index (χ2v) is 7.09. The van der Waals surface area contributed by atoms with Crippen LogP contribution in [0.25, 0.3) is 0 Å². The Morgan fingerprint density at radius 3 is 2.45 bits per heavy atom. The van der Waals surface area contributed by atoms with Gasteiger partial charge in [0, 0.05) is 19.7 Å². The molecular formula is C14H29NO6S. The topological polar surface area (TPSA) is 94.1 Å². The Morgan fingerprint density at radius 2 is 1.82 bits per heavy atom. The molecule has 1 rings (SSSR count). The molecule has 0 spiro atoms. The predicted molar refractivity (Wildman–Crippen MR) is 83.7 cm³/mol. The highest BCUT2D eigenvalue weighted by Crippen LogP contribution is 2.17. The molecule has 0 aliphatic heterocycles. The summed E-state index contributed by atoms with van der Waals surface area (Å²) in [6.07, 6.45) is 5.33. The molecule has 0 aromatic carbocycles. The molecule has 1 fully saturated rings. The Bertz CT molecular complexity index is 370. The van der Waals surface area contributed by atoms with E-state index < -0.39 is 22.0 Å². The molecule has 7 nitrogen and oxygen atoms in total. The van der Waals surface area contributed by atoms with Gasteiger partial charge in [-0.05, 0) is 12.8 Å². The van der Waals surface area contributed by atoms with Crippen LogP contribution in [0, 0.1) is 0 Å². The molecule has 0 saturated heterocycles. The summed E-state index contributed by atoms with van der Waals surface area (Å²) < 4.78 is 46.8. The average Bonchev–Trinajstić information content (AvgIpc) is 2.48. The minimum Gasteiger partial charge on any atom is -0.382 e. The molecule has 0 aromatic rings. The lowest BCUT2D eigenvalue weighted by Gasteiger charge is -2.25. The first-order valence-corrected chi connectivity index (χ1v) is 9.49. The Balaban J connectivity index is 2.26. The summed E-state index contributed by atoms with van der Waals surface area (Å²) >= 11 is 0. The Morgan fingerprint density at radius 1 is 1.14 bits per heavy atom. The SMILES string of the molecule is COCCOCCOC(CNC1CCCCC1)CS(=O)(=O)O. The molecule has 1 unspecified atom stereocenters. The number of hydrogen-bond donors (Lipinski definition) is 2. The average molecular weight is 339 g/mol. The Kier molecular flexibility index (Phi) is 10.2. The van der Waals surface area contributed by atoms with Crippen LogP contribution in [0.4, 0.5) is 0 Å².